The van der Waals surface area contributed by atoms with Crippen LogP contribution in [0.4, 0.5) is 10.5 Å². The number of carbonyl (C=O) groups excluding carboxylic acids is 1. The second-order valence-electron chi connectivity index (χ2n) is 8.03. The zero-order chi connectivity index (χ0) is 23.0. The molecule has 2 aliphatic rings. The normalized spacial score (nSPS) is 14.9. The largest absolute Gasteiger partial charge is 0.493 e. The fraction of sp³-hybridized carbons (Fsp3) is 0.318. The number of nitrogens with one attached hydrogen (secondary N) is 2. The molecule has 0 bridgehead atoms. The average molecular weight is 470 g/mol. The molecule has 0 radical (unpaired) electrons. The molecule has 0 saturated heterocycles. The highest BCUT2D eigenvalue weighted by molar-refractivity contribution is 7.90. The van der Waals surface area contributed by atoms with Crippen molar-refractivity contribution in [2.45, 2.75) is 30.8 Å². The third kappa shape index (κ3) is 4.49. The number of pyridine rings is 1. The first-order chi connectivity index (χ1) is 15.9. The molecule has 1 aliphatic carbocycles. The molecule has 2 amide bonds. The van der Waals surface area contributed by atoms with Crippen molar-refractivity contribution in [3.8, 4) is 22.8 Å². The molecule has 3 heterocycles. The molecule has 0 atom stereocenters. The number of carbonyl (C=O) groups is 1. The molecular formula is C22H23N5O5S. The van der Waals surface area contributed by atoms with Gasteiger partial charge in [-0.05, 0) is 48.6 Å². The van der Waals surface area contributed by atoms with Gasteiger partial charge in [0.1, 0.15) is 5.75 Å². The molecule has 33 heavy (non-hydrogen) atoms. The summed E-state index contributed by atoms with van der Waals surface area (Å²) in [4.78, 5) is 16.9. The highest BCUT2D eigenvalue weighted by Crippen LogP contribution is 2.40. The van der Waals surface area contributed by atoms with Crippen molar-refractivity contribution in [2.24, 2.45) is 5.92 Å². The lowest BCUT2D eigenvalue weighted by atomic mass is 9.99. The predicted octanol–water partition coefficient (Wildman–Crippen LogP) is 2.81. The van der Waals surface area contributed by atoms with Crippen LogP contribution in [0.15, 0.2) is 47.8 Å². The number of fused-ring (bicyclic) bond motifs is 1. The van der Waals surface area contributed by atoms with E-state index in [1.54, 1.807) is 29.2 Å². The highest BCUT2D eigenvalue weighted by atomic mass is 32.2. The molecule has 1 aliphatic heterocycles. The van der Waals surface area contributed by atoms with E-state index in [2.05, 4.69) is 20.1 Å². The number of rotatable bonds is 7. The zero-order valence-corrected chi connectivity index (χ0v) is 18.8. The maximum absolute atomic E-state index is 12.8. The molecule has 3 aromatic rings. The van der Waals surface area contributed by atoms with Gasteiger partial charge in [-0.1, -0.05) is 0 Å². The summed E-state index contributed by atoms with van der Waals surface area (Å²) in [6, 6.07) is 7.67. The van der Waals surface area contributed by atoms with Gasteiger partial charge in [-0.3, -0.25) is 4.68 Å². The van der Waals surface area contributed by atoms with Gasteiger partial charge in [0.15, 0.2) is 5.03 Å². The Balaban J connectivity index is 1.40. The number of methoxy groups -OCH3 is 1. The standard InChI is InChI=1S/C22H23N5O5S/c1-31-19-12-15(6-9-23-19)16-4-5-18-17(8-11-32-18)21(16)24-22(28)26-33(29,30)20-7-10-27(25-20)13-14-2-3-14/h4-7,9-10,12,14H,2-3,8,11,13H2,1H3,(H2,24,26,28). The van der Waals surface area contributed by atoms with Crippen LogP contribution < -0.4 is 19.5 Å². The van der Waals surface area contributed by atoms with Gasteiger partial charge < -0.3 is 14.8 Å². The number of urea groups is 1. The maximum Gasteiger partial charge on any atom is 0.333 e. The number of anilines is 1. The second-order valence-corrected chi connectivity index (χ2v) is 9.66. The summed E-state index contributed by atoms with van der Waals surface area (Å²) < 4.78 is 39.9. The van der Waals surface area contributed by atoms with E-state index >= 15 is 0 Å². The van der Waals surface area contributed by atoms with Crippen molar-refractivity contribution >= 4 is 21.7 Å². The van der Waals surface area contributed by atoms with Crippen molar-refractivity contribution < 1.29 is 22.7 Å². The maximum atomic E-state index is 12.8. The Hall–Kier alpha value is -3.60. The Bertz CT molecular complexity index is 1320. The number of benzene rings is 1. The van der Waals surface area contributed by atoms with Crippen molar-refractivity contribution in [3.05, 3.63) is 48.3 Å². The van der Waals surface area contributed by atoms with Gasteiger partial charge in [0.2, 0.25) is 5.88 Å². The molecule has 5 rings (SSSR count). The minimum absolute atomic E-state index is 0.195. The lowest BCUT2D eigenvalue weighted by molar-refractivity contribution is 0.256. The first-order valence-electron chi connectivity index (χ1n) is 10.6. The first-order valence-corrected chi connectivity index (χ1v) is 12.1. The number of sulfonamides is 1. The average Bonchev–Trinajstić information content (AvgIpc) is 3.26. The van der Waals surface area contributed by atoms with Crippen molar-refractivity contribution in [2.75, 3.05) is 19.0 Å². The fourth-order valence-electron chi connectivity index (χ4n) is 3.81. The summed E-state index contributed by atoms with van der Waals surface area (Å²) in [5.41, 5.74) is 2.73. The smallest absolute Gasteiger partial charge is 0.333 e. The molecule has 11 heteroatoms. The van der Waals surface area contributed by atoms with E-state index in [0.717, 1.165) is 24.0 Å². The van der Waals surface area contributed by atoms with Crippen LogP contribution in [-0.2, 0) is 23.0 Å². The second kappa shape index (κ2) is 8.39. The summed E-state index contributed by atoms with van der Waals surface area (Å²) in [5.74, 6) is 1.62. The monoisotopic (exact) mass is 469 g/mol. The summed E-state index contributed by atoms with van der Waals surface area (Å²) in [6.45, 7) is 1.15. The summed E-state index contributed by atoms with van der Waals surface area (Å²) in [6.07, 6.45) is 6.05. The van der Waals surface area contributed by atoms with Gasteiger partial charge in [-0.15, -0.1) is 0 Å². The molecule has 1 aromatic carbocycles. The summed E-state index contributed by atoms with van der Waals surface area (Å²) in [7, 11) is -2.61. The van der Waals surface area contributed by atoms with Crippen molar-refractivity contribution in [3.63, 3.8) is 0 Å². The number of ether oxygens (including phenoxy) is 2. The van der Waals surface area contributed by atoms with Gasteiger partial charge in [0.25, 0.3) is 10.0 Å². The zero-order valence-electron chi connectivity index (χ0n) is 17.9. The number of hydrogen-bond donors (Lipinski definition) is 2. The Kier molecular flexibility index (Phi) is 5.41. The highest BCUT2D eigenvalue weighted by Gasteiger charge is 2.26. The summed E-state index contributed by atoms with van der Waals surface area (Å²) >= 11 is 0. The Morgan fingerprint density at radius 3 is 2.91 bits per heavy atom. The van der Waals surface area contributed by atoms with Crippen molar-refractivity contribution in [1.82, 2.24) is 19.5 Å². The van der Waals surface area contributed by atoms with Crippen LogP contribution in [-0.4, -0.2) is 42.9 Å². The third-order valence-electron chi connectivity index (χ3n) is 5.63. The first kappa shape index (κ1) is 21.3. The molecule has 2 aromatic heterocycles. The van der Waals surface area contributed by atoms with E-state index in [9.17, 15) is 13.2 Å². The fourth-order valence-corrected chi connectivity index (χ4v) is 4.67. The van der Waals surface area contributed by atoms with Gasteiger partial charge in [0, 0.05) is 42.6 Å². The van der Waals surface area contributed by atoms with E-state index in [4.69, 9.17) is 9.47 Å². The number of amides is 2. The molecule has 1 saturated carbocycles. The quantitative estimate of drug-likeness (QED) is 0.545. The van der Waals surface area contributed by atoms with E-state index in [1.165, 1.54) is 13.2 Å². The number of aromatic nitrogens is 3. The van der Waals surface area contributed by atoms with E-state index in [0.29, 0.717) is 48.4 Å². The van der Waals surface area contributed by atoms with Crippen LogP contribution in [0, 0.1) is 5.92 Å². The molecule has 0 spiro atoms. The minimum Gasteiger partial charge on any atom is -0.493 e. The number of hydrogen-bond acceptors (Lipinski definition) is 7. The molecule has 1 fully saturated rings. The van der Waals surface area contributed by atoms with Crippen LogP contribution >= 0.6 is 0 Å². The summed E-state index contributed by atoms with van der Waals surface area (Å²) in [5, 5.41) is 6.63. The van der Waals surface area contributed by atoms with E-state index < -0.39 is 16.1 Å². The van der Waals surface area contributed by atoms with E-state index in [-0.39, 0.29) is 5.03 Å². The van der Waals surface area contributed by atoms with Crippen LogP contribution in [0.2, 0.25) is 0 Å². The number of nitrogens with zero attached hydrogens (tertiary/aromatic N) is 3. The SMILES string of the molecule is COc1cc(-c2ccc3c(c2NC(=O)NS(=O)(=O)c2ccn(CC4CC4)n2)CCO3)ccn1. The third-order valence-corrected chi connectivity index (χ3v) is 6.86. The van der Waals surface area contributed by atoms with Gasteiger partial charge in [-0.25, -0.2) is 14.5 Å². The molecule has 172 valence electrons. The van der Waals surface area contributed by atoms with Crippen LogP contribution in [0.1, 0.15) is 18.4 Å². The van der Waals surface area contributed by atoms with Crippen molar-refractivity contribution in [1.29, 1.82) is 0 Å². The lowest BCUT2D eigenvalue weighted by Crippen LogP contribution is -2.35. The molecule has 2 N–H and O–H groups in total. The van der Waals surface area contributed by atoms with Crippen LogP contribution in [0.25, 0.3) is 11.1 Å². The van der Waals surface area contributed by atoms with E-state index in [1.807, 2.05) is 12.1 Å². The molecular weight excluding hydrogens is 446 g/mol. The molecule has 0 unspecified atom stereocenters. The van der Waals surface area contributed by atoms with Crippen LogP contribution in [0.3, 0.4) is 0 Å². The topological polar surface area (TPSA) is 124 Å². The van der Waals surface area contributed by atoms with Crippen LogP contribution in [0.5, 0.6) is 11.6 Å². The lowest BCUT2D eigenvalue weighted by Gasteiger charge is -2.16. The van der Waals surface area contributed by atoms with Gasteiger partial charge in [-0.2, -0.15) is 13.5 Å². The Labute approximate surface area is 191 Å². The Morgan fingerprint density at radius 1 is 1.27 bits per heavy atom. The minimum atomic E-state index is -4.13. The Morgan fingerprint density at radius 2 is 2.12 bits per heavy atom. The van der Waals surface area contributed by atoms with Gasteiger partial charge in [0.05, 0.1) is 19.4 Å². The van der Waals surface area contributed by atoms with Gasteiger partial charge >= 0.3 is 6.03 Å². The predicted molar refractivity (Wildman–Crippen MR) is 120 cm³/mol. The molecule has 10 nitrogen and oxygen atoms in total.